The van der Waals surface area contributed by atoms with Crippen LogP contribution in [-0.2, 0) is 4.79 Å². The average molecular weight is 539 g/mol. The molecule has 2 saturated heterocycles. The summed E-state index contributed by atoms with van der Waals surface area (Å²) in [5.74, 6) is -1.73. The Morgan fingerprint density at radius 3 is 2.39 bits per heavy atom. The lowest BCUT2D eigenvalue weighted by atomic mass is 9.88. The minimum atomic E-state index is -4.37. The van der Waals surface area contributed by atoms with Gasteiger partial charge in [-0.15, -0.1) is 0 Å². The minimum absolute atomic E-state index is 0.0138. The van der Waals surface area contributed by atoms with Crippen LogP contribution in [0.1, 0.15) is 40.0 Å². The van der Waals surface area contributed by atoms with E-state index in [1.165, 1.54) is 11.0 Å². The molecule has 38 heavy (non-hydrogen) atoms. The quantitative estimate of drug-likeness (QED) is 0.408. The lowest BCUT2D eigenvalue weighted by Gasteiger charge is -2.44. The number of rotatable bonds is 8. The number of piperidine rings is 1. The Morgan fingerprint density at radius 1 is 1.08 bits per heavy atom. The zero-order chi connectivity index (χ0) is 27.6. The van der Waals surface area contributed by atoms with E-state index in [1.807, 2.05) is 18.7 Å². The lowest BCUT2D eigenvalue weighted by Crippen LogP contribution is -2.51. The van der Waals surface area contributed by atoms with Crippen molar-refractivity contribution in [1.82, 2.24) is 0 Å². The van der Waals surface area contributed by atoms with E-state index in [2.05, 4.69) is 6.92 Å². The fourth-order valence-electron chi connectivity index (χ4n) is 5.56. The first-order chi connectivity index (χ1) is 18.0. The monoisotopic (exact) mass is 538 g/mol. The van der Waals surface area contributed by atoms with Gasteiger partial charge in [0.2, 0.25) is 0 Å². The van der Waals surface area contributed by atoms with Crippen molar-refractivity contribution in [3.8, 4) is 11.5 Å². The van der Waals surface area contributed by atoms with E-state index in [9.17, 15) is 27.5 Å². The van der Waals surface area contributed by atoms with Gasteiger partial charge in [0, 0.05) is 49.3 Å². The maximum Gasteiger partial charge on any atom is 0.393 e. The predicted octanol–water partition coefficient (Wildman–Crippen LogP) is 6.14. The van der Waals surface area contributed by atoms with E-state index in [-0.39, 0.29) is 43.3 Å². The standard InChI is InChI=1S/C28H34F4N2O4/c1-4-37-23-9-10-24(29)25(15-23)33-12-11-26(17(2)18(33)3)38-22-7-5-20(6-8-22)34-16-19(28(30,31)32)13-21(34)14-27(35)36/h5-10,15,17-19,21,26H,4,11-14,16H2,1-3H3,(H,35,36)/t17?,18?,19-,21-,26?/m1/s1. The first-order valence-electron chi connectivity index (χ1n) is 13.0. The van der Waals surface area contributed by atoms with Gasteiger partial charge in [0.05, 0.1) is 24.6 Å². The summed E-state index contributed by atoms with van der Waals surface area (Å²) in [6, 6.07) is 10.8. The summed E-state index contributed by atoms with van der Waals surface area (Å²) in [5.41, 5.74) is 1.04. The van der Waals surface area contributed by atoms with E-state index >= 15 is 0 Å². The number of carboxylic acid groups (broad SMARTS) is 1. The highest BCUT2D eigenvalue weighted by molar-refractivity contribution is 5.69. The van der Waals surface area contributed by atoms with Gasteiger partial charge in [-0.3, -0.25) is 4.79 Å². The molecule has 0 aromatic heterocycles. The fourth-order valence-corrected chi connectivity index (χ4v) is 5.56. The predicted molar refractivity (Wildman–Crippen MR) is 137 cm³/mol. The molecule has 0 spiro atoms. The fraction of sp³-hybridized carbons (Fsp3) is 0.536. The smallest absolute Gasteiger partial charge is 0.393 e. The Bertz CT molecular complexity index is 1110. The molecule has 3 unspecified atom stereocenters. The van der Waals surface area contributed by atoms with Gasteiger partial charge in [0.1, 0.15) is 23.4 Å². The molecule has 2 heterocycles. The topological polar surface area (TPSA) is 62.2 Å². The maximum atomic E-state index is 14.7. The van der Waals surface area contributed by atoms with Crippen molar-refractivity contribution in [1.29, 1.82) is 0 Å². The van der Waals surface area contributed by atoms with E-state index in [4.69, 9.17) is 9.47 Å². The number of nitrogens with zero attached hydrogens (tertiary/aromatic N) is 2. The summed E-state index contributed by atoms with van der Waals surface area (Å²) in [7, 11) is 0. The summed E-state index contributed by atoms with van der Waals surface area (Å²) >= 11 is 0. The van der Waals surface area contributed by atoms with Gasteiger partial charge < -0.3 is 24.4 Å². The highest BCUT2D eigenvalue weighted by atomic mass is 19.4. The van der Waals surface area contributed by atoms with Gasteiger partial charge in [0.15, 0.2) is 0 Å². The number of carbonyl (C=O) groups is 1. The Kier molecular flexibility index (Phi) is 8.28. The second-order valence-corrected chi connectivity index (χ2v) is 10.2. The van der Waals surface area contributed by atoms with Crippen molar-refractivity contribution in [3.05, 3.63) is 48.3 Å². The van der Waals surface area contributed by atoms with Crippen molar-refractivity contribution in [3.63, 3.8) is 0 Å². The number of alkyl halides is 3. The number of hydrogen-bond acceptors (Lipinski definition) is 5. The third kappa shape index (κ3) is 6.10. The number of ether oxygens (including phenoxy) is 2. The first kappa shape index (κ1) is 27.9. The van der Waals surface area contributed by atoms with Crippen molar-refractivity contribution in [2.24, 2.45) is 11.8 Å². The molecule has 2 aromatic rings. The third-order valence-electron chi connectivity index (χ3n) is 7.77. The van der Waals surface area contributed by atoms with E-state index in [1.54, 1.807) is 36.4 Å². The van der Waals surface area contributed by atoms with Crippen LogP contribution in [0.25, 0.3) is 0 Å². The van der Waals surface area contributed by atoms with Gasteiger partial charge in [-0.1, -0.05) is 6.92 Å². The summed E-state index contributed by atoms with van der Waals surface area (Å²) in [6.07, 6.45) is -4.44. The van der Waals surface area contributed by atoms with Crippen LogP contribution in [0, 0.1) is 17.7 Å². The van der Waals surface area contributed by atoms with E-state index in [0.29, 0.717) is 42.4 Å². The number of anilines is 2. The van der Waals surface area contributed by atoms with Crippen LogP contribution in [-0.4, -0.2) is 55.1 Å². The van der Waals surface area contributed by atoms with Crippen LogP contribution in [0.5, 0.6) is 11.5 Å². The molecule has 0 saturated carbocycles. The molecule has 208 valence electrons. The molecule has 1 N–H and O–H groups in total. The number of benzene rings is 2. The normalized spacial score (nSPS) is 25.9. The zero-order valence-corrected chi connectivity index (χ0v) is 21.7. The second kappa shape index (κ2) is 11.3. The molecule has 4 rings (SSSR count). The molecule has 2 fully saturated rings. The van der Waals surface area contributed by atoms with Crippen LogP contribution < -0.4 is 19.3 Å². The van der Waals surface area contributed by atoms with Crippen LogP contribution in [0.15, 0.2) is 42.5 Å². The Balaban J connectivity index is 1.43. The summed E-state index contributed by atoms with van der Waals surface area (Å²) in [5, 5.41) is 9.19. The molecular formula is C28H34F4N2O4. The summed E-state index contributed by atoms with van der Waals surface area (Å²) in [4.78, 5) is 14.8. The molecule has 5 atom stereocenters. The molecule has 6 nitrogen and oxygen atoms in total. The summed E-state index contributed by atoms with van der Waals surface area (Å²) in [6.45, 7) is 6.77. The Morgan fingerprint density at radius 2 is 1.76 bits per heavy atom. The highest BCUT2D eigenvalue weighted by Crippen LogP contribution is 2.40. The molecule has 0 amide bonds. The highest BCUT2D eigenvalue weighted by Gasteiger charge is 2.48. The maximum absolute atomic E-state index is 14.7. The van der Waals surface area contributed by atoms with E-state index < -0.39 is 24.1 Å². The third-order valence-corrected chi connectivity index (χ3v) is 7.77. The van der Waals surface area contributed by atoms with Crippen molar-refractivity contribution in [2.45, 2.75) is 64.4 Å². The van der Waals surface area contributed by atoms with Crippen LogP contribution >= 0.6 is 0 Å². The number of halogens is 4. The molecule has 0 radical (unpaired) electrons. The van der Waals surface area contributed by atoms with Crippen LogP contribution in [0.2, 0.25) is 0 Å². The van der Waals surface area contributed by atoms with Gasteiger partial charge in [-0.2, -0.15) is 13.2 Å². The molecule has 10 heteroatoms. The zero-order valence-electron chi connectivity index (χ0n) is 21.7. The van der Waals surface area contributed by atoms with Crippen LogP contribution in [0.4, 0.5) is 28.9 Å². The second-order valence-electron chi connectivity index (χ2n) is 10.2. The number of aliphatic carboxylic acids is 1. The molecule has 2 aromatic carbocycles. The Hall–Kier alpha value is -3.17. The minimum Gasteiger partial charge on any atom is -0.494 e. The molecule has 0 bridgehead atoms. The lowest BCUT2D eigenvalue weighted by molar-refractivity contribution is -0.169. The number of hydrogen-bond donors (Lipinski definition) is 1. The van der Waals surface area contributed by atoms with Crippen molar-refractivity contribution < 1.29 is 36.9 Å². The van der Waals surface area contributed by atoms with Crippen LogP contribution in [0.3, 0.4) is 0 Å². The van der Waals surface area contributed by atoms with Gasteiger partial charge in [-0.25, -0.2) is 4.39 Å². The van der Waals surface area contributed by atoms with Crippen molar-refractivity contribution >= 4 is 17.3 Å². The van der Waals surface area contributed by atoms with Gasteiger partial charge in [0.25, 0.3) is 0 Å². The number of carboxylic acids is 1. The van der Waals surface area contributed by atoms with Gasteiger partial charge in [-0.05, 0) is 56.7 Å². The SMILES string of the molecule is CCOc1ccc(F)c(N2CCC(Oc3ccc(N4C[C@H](C(F)(F)F)C[C@@H]4CC(=O)O)cc3)C(C)C2C)c1. The first-order valence-corrected chi connectivity index (χ1v) is 13.0. The average Bonchev–Trinajstić information content (AvgIpc) is 3.28. The summed E-state index contributed by atoms with van der Waals surface area (Å²) < 4.78 is 66.5. The molecular weight excluding hydrogens is 504 g/mol. The molecule has 0 aliphatic carbocycles. The Labute approximate surface area is 220 Å². The largest absolute Gasteiger partial charge is 0.494 e. The molecule has 2 aliphatic heterocycles. The van der Waals surface area contributed by atoms with Crippen molar-refractivity contribution in [2.75, 3.05) is 29.5 Å². The van der Waals surface area contributed by atoms with Gasteiger partial charge >= 0.3 is 12.1 Å². The molecule has 2 aliphatic rings. The van der Waals surface area contributed by atoms with E-state index in [0.717, 1.165) is 0 Å².